The highest BCUT2D eigenvalue weighted by Crippen LogP contribution is 2.27. The number of guanidine groups is 1. The second-order valence-corrected chi connectivity index (χ2v) is 6.43. The van der Waals surface area contributed by atoms with E-state index in [4.69, 9.17) is 14.2 Å². The van der Waals surface area contributed by atoms with Crippen molar-refractivity contribution in [2.75, 3.05) is 66.7 Å². The smallest absolute Gasteiger partial charge is 0.191 e. The second kappa shape index (κ2) is 14.7. The van der Waals surface area contributed by atoms with E-state index < -0.39 is 0 Å². The zero-order valence-corrected chi connectivity index (χ0v) is 19.7. The van der Waals surface area contributed by atoms with Gasteiger partial charge in [-0.15, -0.1) is 24.0 Å². The molecule has 8 heteroatoms. The first-order chi connectivity index (χ1) is 13.3. The number of nitrogens with zero attached hydrogens (tertiary/aromatic N) is 2. The van der Waals surface area contributed by atoms with Gasteiger partial charge in [-0.25, -0.2) is 0 Å². The van der Waals surface area contributed by atoms with Crippen LogP contribution in [0, 0.1) is 0 Å². The van der Waals surface area contributed by atoms with E-state index in [0.717, 1.165) is 82.8 Å². The van der Waals surface area contributed by atoms with Crippen molar-refractivity contribution < 1.29 is 14.2 Å². The van der Waals surface area contributed by atoms with Gasteiger partial charge in [-0.3, -0.25) is 9.89 Å². The maximum Gasteiger partial charge on any atom is 0.191 e. The number of benzene rings is 1. The summed E-state index contributed by atoms with van der Waals surface area (Å²) in [6.45, 7) is 9.33. The van der Waals surface area contributed by atoms with E-state index in [2.05, 4.69) is 33.5 Å². The summed E-state index contributed by atoms with van der Waals surface area (Å²) in [6, 6.07) is 6.07. The topological polar surface area (TPSA) is 67.4 Å². The van der Waals surface area contributed by atoms with Crippen molar-refractivity contribution in [2.24, 2.45) is 4.99 Å². The summed E-state index contributed by atoms with van der Waals surface area (Å²) in [5.74, 6) is 2.42. The Morgan fingerprint density at radius 2 is 1.89 bits per heavy atom. The Hall–Kier alpha value is -1.26. The molecule has 2 rings (SSSR count). The van der Waals surface area contributed by atoms with Gasteiger partial charge in [0.25, 0.3) is 0 Å². The number of morpholine rings is 1. The number of nitrogens with one attached hydrogen (secondary N) is 2. The molecule has 0 spiro atoms. The van der Waals surface area contributed by atoms with Gasteiger partial charge in [-0.1, -0.05) is 6.07 Å². The lowest BCUT2D eigenvalue weighted by Crippen LogP contribution is -2.44. The summed E-state index contributed by atoms with van der Waals surface area (Å²) in [5, 5.41) is 6.73. The van der Waals surface area contributed by atoms with Crippen LogP contribution in [0.2, 0.25) is 0 Å². The average molecular weight is 506 g/mol. The average Bonchev–Trinajstić information content (AvgIpc) is 2.71. The standard InChI is InChI=1S/C20H34N4O3.HI/c1-4-21-20(23-10-11-24-12-14-27-15-13-24)22-9-5-6-17-7-8-18(25-2)19(16-17)26-3;/h7-8,16H,4-6,9-15H2,1-3H3,(H2,21,22,23);1H. The Morgan fingerprint density at radius 3 is 2.57 bits per heavy atom. The van der Waals surface area contributed by atoms with Gasteiger partial charge in [0.2, 0.25) is 0 Å². The van der Waals surface area contributed by atoms with Crippen LogP contribution in [0.3, 0.4) is 0 Å². The molecule has 7 nitrogen and oxygen atoms in total. The summed E-state index contributed by atoms with van der Waals surface area (Å²) in [4.78, 5) is 7.10. The predicted molar refractivity (Wildman–Crippen MR) is 125 cm³/mol. The molecule has 1 fully saturated rings. The van der Waals surface area contributed by atoms with Crippen LogP contribution in [-0.4, -0.2) is 77.6 Å². The molecule has 0 radical (unpaired) electrons. The van der Waals surface area contributed by atoms with Crippen LogP contribution >= 0.6 is 24.0 Å². The third-order valence-corrected chi connectivity index (χ3v) is 4.51. The van der Waals surface area contributed by atoms with Crippen molar-refractivity contribution in [3.63, 3.8) is 0 Å². The summed E-state index contributed by atoms with van der Waals surface area (Å²) >= 11 is 0. The first-order valence-corrected chi connectivity index (χ1v) is 9.80. The Kier molecular flexibility index (Phi) is 13.0. The van der Waals surface area contributed by atoms with Crippen LogP contribution < -0.4 is 20.1 Å². The Morgan fingerprint density at radius 1 is 1.14 bits per heavy atom. The van der Waals surface area contributed by atoms with Crippen LogP contribution in [0.4, 0.5) is 0 Å². The highest BCUT2D eigenvalue weighted by molar-refractivity contribution is 14.0. The van der Waals surface area contributed by atoms with E-state index in [1.54, 1.807) is 14.2 Å². The molecule has 28 heavy (non-hydrogen) atoms. The fourth-order valence-electron chi connectivity index (χ4n) is 3.01. The van der Waals surface area contributed by atoms with Crippen molar-refractivity contribution in [3.05, 3.63) is 23.8 Å². The van der Waals surface area contributed by atoms with Crippen molar-refractivity contribution >= 4 is 29.9 Å². The molecule has 0 atom stereocenters. The number of rotatable bonds is 10. The molecular formula is C20H35IN4O3. The second-order valence-electron chi connectivity index (χ2n) is 6.43. The minimum atomic E-state index is 0. The first-order valence-electron chi connectivity index (χ1n) is 9.80. The van der Waals surface area contributed by atoms with Gasteiger partial charge in [0.15, 0.2) is 17.5 Å². The molecule has 1 aliphatic rings. The lowest BCUT2D eigenvalue weighted by atomic mass is 10.1. The number of halogens is 1. The molecule has 1 heterocycles. The predicted octanol–water partition coefficient (Wildman–Crippen LogP) is 2.14. The van der Waals surface area contributed by atoms with Crippen LogP contribution in [0.25, 0.3) is 0 Å². The normalized spacial score (nSPS) is 14.9. The molecule has 1 saturated heterocycles. The number of methoxy groups -OCH3 is 2. The largest absolute Gasteiger partial charge is 0.493 e. The highest BCUT2D eigenvalue weighted by Gasteiger charge is 2.09. The number of ether oxygens (including phenoxy) is 3. The monoisotopic (exact) mass is 506 g/mol. The van der Waals surface area contributed by atoms with Gasteiger partial charge in [-0.05, 0) is 37.5 Å². The van der Waals surface area contributed by atoms with Crippen LogP contribution in [0.15, 0.2) is 23.2 Å². The van der Waals surface area contributed by atoms with Crippen LogP contribution in [0.1, 0.15) is 18.9 Å². The van der Waals surface area contributed by atoms with E-state index in [0.29, 0.717) is 0 Å². The Balaban J connectivity index is 0.00000392. The van der Waals surface area contributed by atoms with Crippen LogP contribution in [-0.2, 0) is 11.2 Å². The summed E-state index contributed by atoms with van der Waals surface area (Å²) in [6.07, 6.45) is 1.94. The molecule has 0 amide bonds. The molecular weight excluding hydrogens is 471 g/mol. The number of aryl methyl sites for hydroxylation is 1. The highest BCUT2D eigenvalue weighted by atomic mass is 127. The van der Waals surface area contributed by atoms with E-state index in [1.165, 1.54) is 5.56 Å². The third-order valence-electron chi connectivity index (χ3n) is 4.51. The molecule has 1 aliphatic heterocycles. The summed E-state index contributed by atoms with van der Waals surface area (Å²) in [7, 11) is 3.32. The number of hydrogen-bond acceptors (Lipinski definition) is 5. The molecule has 0 aromatic heterocycles. The van der Waals surface area contributed by atoms with Crippen molar-refractivity contribution in [3.8, 4) is 11.5 Å². The molecule has 0 saturated carbocycles. The Labute approximate surface area is 186 Å². The molecule has 1 aromatic carbocycles. The third kappa shape index (κ3) is 8.83. The number of aliphatic imine (C=N–C) groups is 1. The lowest BCUT2D eigenvalue weighted by molar-refractivity contribution is 0.0389. The van der Waals surface area contributed by atoms with Crippen LogP contribution in [0.5, 0.6) is 11.5 Å². The van der Waals surface area contributed by atoms with Gasteiger partial charge in [0, 0.05) is 39.3 Å². The van der Waals surface area contributed by atoms with Crippen molar-refractivity contribution in [1.29, 1.82) is 0 Å². The zero-order valence-electron chi connectivity index (χ0n) is 17.3. The summed E-state index contributed by atoms with van der Waals surface area (Å²) < 4.78 is 16.0. The van der Waals surface area contributed by atoms with Crippen molar-refractivity contribution in [2.45, 2.75) is 19.8 Å². The molecule has 0 bridgehead atoms. The van der Waals surface area contributed by atoms with E-state index >= 15 is 0 Å². The van der Waals surface area contributed by atoms with Crippen molar-refractivity contribution in [1.82, 2.24) is 15.5 Å². The fraction of sp³-hybridized carbons (Fsp3) is 0.650. The van der Waals surface area contributed by atoms with E-state index in [1.807, 2.05) is 12.1 Å². The molecule has 0 aliphatic carbocycles. The fourth-order valence-corrected chi connectivity index (χ4v) is 3.01. The Bertz CT molecular complexity index is 581. The van der Waals surface area contributed by atoms with Gasteiger partial charge < -0.3 is 24.8 Å². The first kappa shape index (κ1) is 24.8. The van der Waals surface area contributed by atoms with Gasteiger partial charge in [0.1, 0.15) is 0 Å². The van der Waals surface area contributed by atoms with Gasteiger partial charge >= 0.3 is 0 Å². The quantitative estimate of drug-likeness (QED) is 0.220. The SMILES string of the molecule is CCNC(=NCCCc1ccc(OC)c(OC)c1)NCCN1CCOCC1.I. The minimum Gasteiger partial charge on any atom is -0.493 e. The molecule has 0 unspecified atom stereocenters. The maximum atomic E-state index is 5.38. The molecule has 1 aromatic rings. The van der Waals surface area contributed by atoms with Gasteiger partial charge in [0.05, 0.1) is 27.4 Å². The summed E-state index contributed by atoms with van der Waals surface area (Å²) in [5.41, 5.74) is 1.23. The van der Waals surface area contributed by atoms with E-state index in [9.17, 15) is 0 Å². The van der Waals surface area contributed by atoms with Gasteiger partial charge in [-0.2, -0.15) is 0 Å². The molecule has 160 valence electrons. The number of hydrogen-bond donors (Lipinski definition) is 2. The molecule has 2 N–H and O–H groups in total. The zero-order chi connectivity index (χ0) is 19.3. The maximum absolute atomic E-state index is 5.38. The van der Waals surface area contributed by atoms with E-state index in [-0.39, 0.29) is 24.0 Å². The lowest BCUT2D eigenvalue weighted by Gasteiger charge is -2.26. The minimum absolute atomic E-state index is 0.